The van der Waals surface area contributed by atoms with Gasteiger partial charge in [-0.1, -0.05) is 11.6 Å². The first-order valence-corrected chi connectivity index (χ1v) is 7.46. The summed E-state index contributed by atoms with van der Waals surface area (Å²) in [5.74, 6) is 2.32. The van der Waals surface area contributed by atoms with Gasteiger partial charge in [0.05, 0.1) is 26.9 Å². The fourth-order valence-electron chi connectivity index (χ4n) is 2.68. The summed E-state index contributed by atoms with van der Waals surface area (Å²) in [5, 5.41) is 3.47. The molecule has 0 aliphatic heterocycles. The number of benzene rings is 1. The highest BCUT2D eigenvalue weighted by Crippen LogP contribution is 2.33. The number of hydrogen-bond donors (Lipinski definition) is 1. The van der Waals surface area contributed by atoms with Gasteiger partial charge in [-0.2, -0.15) is 0 Å². The zero-order valence-corrected chi connectivity index (χ0v) is 13.2. The molecule has 4 nitrogen and oxygen atoms in total. The molecule has 0 radical (unpaired) electrons. The number of rotatable bonds is 8. The van der Waals surface area contributed by atoms with Gasteiger partial charge in [0.25, 0.3) is 0 Å². The van der Waals surface area contributed by atoms with E-state index in [1.807, 2.05) is 12.1 Å². The fourth-order valence-corrected chi connectivity index (χ4v) is 2.68. The van der Waals surface area contributed by atoms with Crippen LogP contribution in [0.2, 0.25) is 0 Å². The van der Waals surface area contributed by atoms with E-state index in [0.717, 1.165) is 42.3 Å². The summed E-state index contributed by atoms with van der Waals surface area (Å²) in [4.78, 5) is 0. The highest BCUT2D eigenvalue weighted by atomic mass is 16.5. The summed E-state index contributed by atoms with van der Waals surface area (Å²) in [6.07, 6.45) is 7.32. The lowest BCUT2D eigenvalue weighted by Crippen LogP contribution is -2.16. The average molecular weight is 291 g/mol. The topological polar surface area (TPSA) is 39.7 Å². The van der Waals surface area contributed by atoms with Gasteiger partial charge in [0.15, 0.2) is 0 Å². The van der Waals surface area contributed by atoms with E-state index in [4.69, 9.17) is 14.2 Å². The molecule has 0 unspecified atom stereocenters. The summed E-state index contributed by atoms with van der Waals surface area (Å²) in [5.41, 5.74) is 2.61. The molecule has 21 heavy (non-hydrogen) atoms. The standard InChI is InChI=1S/C17H25NO3/c1-19-14-10-16(20-2)15(17(11-14)21-3)12-18-9-8-13-6-4-5-7-13/h6,10-11,18H,4-5,7-9,12H2,1-3H3. The predicted octanol–water partition coefficient (Wildman–Crippen LogP) is 3.30. The molecule has 0 fully saturated rings. The van der Waals surface area contributed by atoms with E-state index >= 15 is 0 Å². The maximum Gasteiger partial charge on any atom is 0.130 e. The van der Waals surface area contributed by atoms with E-state index in [1.165, 1.54) is 19.3 Å². The molecule has 4 heteroatoms. The van der Waals surface area contributed by atoms with E-state index in [1.54, 1.807) is 26.9 Å². The van der Waals surface area contributed by atoms with Crippen molar-refractivity contribution < 1.29 is 14.2 Å². The van der Waals surface area contributed by atoms with Crippen LogP contribution in [0.5, 0.6) is 17.2 Å². The van der Waals surface area contributed by atoms with E-state index in [0.29, 0.717) is 0 Å². The van der Waals surface area contributed by atoms with Crippen LogP contribution in [0.3, 0.4) is 0 Å². The fraction of sp³-hybridized carbons (Fsp3) is 0.529. The van der Waals surface area contributed by atoms with Crippen LogP contribution in [0.25, 0.3) is 0 Å². The van der Waals surface area contributed by atoms with E-state index in [2.05, 4.69) is 11.4 Å². The lowest BCUT2D eigenvalue weighted by molar-refractivity contribution is 0.366. The van der Waals surface area contributed by atoms with Gasteiger partial charge in [-0.05, 0) is 32.2 Å². The first kappa shape index (κ1) is 15.7. The number of ether oxygens (including phenoxy) is 3. The normalized spacial score (nSPS) is 14.0. The summed E-state index contributed by atoms with van der Waals surface area (Å²) in [6, 6.07) is 3.78. The minimum atomic E-state index is 0.726. The van der Waals surface area contributed by atoms with E-state index < -0.39 is 0 Å². The zero-order valence-electron chi connectivity index (χ0n) is 13.2. The smallest absolute Gasteiger partial charge is 0.130 e. The molecule has 0 bridgehead atoms. The highest BCUT2D eigenvalue weighted by Gasteiger charge is 2.13. The number of methoxy groups -OCH3 is 3. The van der Waals surface area contributed by atoms with Crippen molar-refractivity contribution in [2.45, 2.75) is 32.2 Å². The van der Waals surface area contributed by atoms with Crippen LogP contribution in [-0.4, -0.2) is 27.9 Å². The molecule has 1 aromatic rings. The third-order valence-electron chi connectivity index (χ3n) is 3.88. The Bertz CT molecular complexity index is 472. The van der Waals surface area contributed by atoms with Gasteiger partial charge >= 0.3 is 0 Å². The molecule has 1 N–H and O–H groups in total. The van der Waals surface area contributed by atoms with Crippen LogP contribution < -0.4 is 19.5 Å². The molecule has 0 amide bonds. The summed E-state index contributed by atoms with van der Waals surface area (Å²) in [6.45, 7) is 1.70. The monoisotopic (exact) mass is 291 g/mol. The maximum atomic E-state index is 5.45. The minimum absolute atomic E-state index is 0.726. The van der Waals surface area contributed by atoms with Gasteiger partial charge < -0.3 is 19.5 Å². The van der Waals surface area contributed by atoms with Crippen molar-refractivity contribution in [2.24, 2.45) is 0 Å². The molecule has 0 aromatic heterocycles. The number of allylic oxidation sites excluding steroid dienone is 1. The molecular weight excluding hydrogens is 266 g/mol. The van der Waals surface area contributed by atoms with E-state index in [-0.39, 0.29) is 0 Å². The Balaban J connectivity index is 1.97. The quantitative estimate of drug-likeness (QED) is 0.589. The van der Waals surface area contributed by atoms with Crippen LogP contribution in [0, 0.1) is 0 Å². The van der Waals surface area contributed by atoms with Gasteiger partial charge in [-0.25, -0.2) is 0 Å². The highest BCUT2D eigenvalue weighted by molar-refractivity contribution is 5.50. The van der Waals surface area contributed by atoms with Gasteiger partial charge in [0, 0.05) is 18.7 Å². The Morgan fingerprint density at radius 1 is 1.05 bits per heavy atom. The van der Waals surface area contributed by atoms with Crippen LogP contribution in [0.15, 0.2) is 23.8 Å². The third kappa shape index (κ3) is 4.14. The molecule has 0 spiro atoms. The lowest BCUT2D eigenvalue weighted by atomic mass is 10.1. The number of nitrogens with one attached hydrogen (secondary N) is 1. The summed E-state index contributed by atoms with van der Waals surface area (Å²) < 4.78 is 16.2. The van der Waals surface area contributed by atoms with Gasteiger partial charge in [0.2, 0.25) is 0 Å². The molecule has 0 saturated heterocycles. The van der Waals surface area contributed by atoms with Crippen LogP contribution in [-0.2, 0) is 6.54 Å². The average Bonchev–Trinajstić information content (AvgIpc) is 3.04. The first-order valence-electron chi connectivity index (χ1n) is 7.46. The largest absolute Gasteiger partial charge is 0.496 e. The van der Waals surface area contributed by atoms with Crippen molar-refractivity contribution in [3.05, 3.63) is 29.3 Å². The summed E-state index contributed by atoms with van der Waals surface area (Å²) in [7, 11) is 4.98. The molecule has 0 atom stereocenters. The molecule has 1 aliphatic carbocycles. The van der Waals surface area contributed by atoms with Crippen molar-refractivity contribution in [3.8, 4) is 17.2 Å². The van der Waals surface area contributed by atoms with Gasteiger partial charge in [0.1, 0.15) is 17.2 Å². The molecule has 1 aliphatic rings. The van der Waals surface area contributed by atoms with Gasteiger partial charge in [-0.3, -0.25) is 0 Å². The second kappa shape index (κ2) is 7.93. The van der Waals surface area contributed by atoms with E-state index in [9.17, 15) is 0 Å². The van der Waals surface area contributed by atoms with Crippen molar-refractivity contribution in [3.63, 3.8) is 0 Å². The second-order valence-electron chi connectivity index (χ2n) is 5.19. The Labute approximate surface area is 127 Å². The molecule has 1 aromatic carbocycles. The SMILES string of the molecule is COc1cc(OC)c(CNCCC2=CCCC2)c(OC)c1. The Morgan fingerprint density at radius 3 is 2.29 bits per heavy atom. The minimum Gasteiger partial charge on any atom is -0.496 e. The Hall–Kier alpha value is -1.68. The van der Waals surface area contributed by atoms with Crippen molar-refractivity contribution in [2.75, 3.05) is 27.9 Å². The second-order valence-corrected chi connectivity index (χ2v) is 5.19. The molecule has 2 rings (SSSR count). The third-order valence-corrected chi connectivity index (χ3v) is 3.88. The molecule has 0 saturated carbocycles. The van der Waals surface area contributed by atoms with Crippen molar-refractivity contribution >= 4 is 0 Å². The molecule has 116 valence electrons. The van der Waals surface area contributed by atoms with Crippen LogP contribution in [0.1, 0.15) is 31.2 Å². The van der Waals surface area contributed by atoms with Crippen molar-refractivity contribution in [1.82, 2.24) is 5.32 Å². The van der Waals surface area contributed by atoms with Crippen LogP contribution in [0.4, 0.5) is 0 Å². The van der Waals surface area contributed by atoms with Crippen molar-refractivity contribution in [1.29, 1.82) is 0 Å². The maximum absolute atomic E-state index is 5.45. The van der Waals surface area contributed by atoms with Crippen LogP contribution >= 0.6 is 0 Å². The van der Waals surface area contributed by atoms with Gasteiger partial charge in [-0.15, -0.1) is 0 Å². The first-order chi connectivity index (χ1) is 10.3. The summed E-state index contributed by atoms with van der Waals surface area (Å²) >= 11 is 0. The lowest BCUT2D eigenvalue weighted by Gasteiger charge is -2.15. The molecule has 0 heterocycles. The molecular formula is C17H25NO3. The Morgan fingerprint density at radius 2 is 1.76 bits per heavy atom. The zero-order chi connectivity index (χ0) is 15.1. The predicted molar refractivity (Wildman–Crippen MR) is 84.4 cm³/mol. The number of hydrogen-bond acceptors (Lipinski definition) is 4. The Kier molecular flexibility index (Phi) is 5.93.